The van der Waals surface area contributed by atoms with Crippen LogP contribution in [0.15, 0.2) is 22.7 Å². The molecule has 2 aromatic rings. The number of rotatable bonds is 5. The molecule has 0 saturated heterocycles. The van der Waals surface area contributed by atoms with E-state index in [1.807, 2.05) is 6.92 Å². The smallest absolute Gasteiger partial charge is 0.175 e. The highest BCUT2D eigenvalue weighted by molar-refractivity contribution is 5.76. The molecular weight excluding hydrogens is 240 g/mol. The Bertz CT molecular complexity index is 561. The van der Waals surface area contributed by atoms with Crippen molar-refractivity contribution in [1.82, 2.24) is 5.16 Å². The normalized spacial score (nSPS) is 10.9. The van der Waals surface area contributed by atoms with Crippen LogP contribution in [0.5, 0.6) is 0 Å². The van der Waals surface area contributed by atoms with Crippen molar-refractivity contribution >= 4 is 5.82 Å². The Kier molecular flexibility index (Phi) is 4.22. The SMILES string of the molecule is CCOCCc1onc(N)c1-c1ccc(C)c(C)c1. The summed E-state index contributed by atoms with van der Waals surface area (Å²) in [5.41, 5.74) is 10.4. The highest BCUT2D eigenvalue weighted by Crippen LogP contribution is 2.31. The Morgan fingerprint density at radius 1 is 1.26 bits per heavy atom. The maximum absolute atomic E-state index is 5.92. The molecule has 2 rings (SSSR count). The number of nitrogens with two attached hydrogens (primary N) is 1. The van der Waals surface area contributed by atoms with Crippen molar-refractivity contribution in [1.29, 1.82) is 0 Å². The zero-order valence-corrected chi connectivity index (χ0v) is 11.7. The van der Waals surface area contributed by atoms with Gasteiger partial charge in [0.25, 0.3) is 0 Å². The quantitative estimate of drug-likeness (QED) is 0.839. The average molecular weight is 260 g/mol. The molecule has 0 atom stereocenters. The van der Waals surface area contributed by atoms with Gasteiger partial charge in [-0.25, -0.2) is 0 Å². The minimum atomic E-state index is 0.440. The molecule has 0 radical (unpaired) electrons. The first-order chi connectivity index (χ1) is 9.13. The third kappa shape index (κ3) is 2.96. The maximum Gasteiger partial charge on any atom is 0.175 e. The number of hydrogen-bond acceptors (Lipinski definition) is 4. The summed E-state index contributed by atoms with van der Waals surface area (Å²) in [6.07, 6.45) is 0.681. The Morgan fingerprint density at radius 2 is 2.05 bits per heavy atom. The summed E-state index contributed by atoms with van der Waals surface area (Å²) >= 11 is 0. The molecule has 0 saturated carbocycles. The molecule has 4 nitrogen and oxygen atoms in total. The molecule has 4 heteroatoms. The molecule has 19 heavy (non-hydrogen) atoms. The van der Waals surface area contributed by atoms with Gasteiger partial charge in [0.05, 0.1) is 12.2 Å². The summed E-state index contributed by atoms with van der Waals surface area (Å²) < 4.78 is 10.7. The molecule has 0 aliphatic carbocycles. The number of benzene rings is 1. The van der Waals surface area contributed by atoms with Crippen LogP contribution in [-0.2, 0) is 11.2 Å². The van der Waals surface area contributed by atoms with Gasteiger partial charge in [0.2, 0.25) is 0 Å². The molecule has 102 valence electrons. The monoisotopic (exact) mass is 260 g/mol. The summed E-state index contributed by atoms with van der Waals surface area (Å²) in [5.74, 6) is 1.23. The van der Waals surface area contributed by atoms with E-state index in [0.717, 1.165) is 16.9 Å². The first-order valence-electron chi connectivity index (χ1n) is 6.53. The van der Waals surface area contributed by atoms with Gasteiger partial charge in [-0.05, 0) is 37.5 Å². The molecule has 0 aliphatic rings. The summed E-state index contributed by atoms with van der Waals surface area (Å²) in [5, 5.41) is 3.87. The van der Waals surface area contributed by atoms with Gasteiger partial charge in [-0.3, -0.25) is 0 Å². The van der Waals surface area contributed by atoms with E-state index in [9.17, 15) is 0 Å². The third-order valence-electron chi connectivity index (χ3n) is 3.26. The predicted octanol–water partition coefficient (Wildman–Crippen LogP) is 3.12. The minimum absolute atomic E-state index is 0.440. The predicted molar refractivity (Wildman–Crippen MR) is 76.0 cm³/mol. The molecule has 1 aromatic heterocycles. The second-order valence-corrected chi connectivity index (χ2v) is 4.61. The number of anilines is 1. The lowest BCUT2D eigenvalue weighted by Gasteiger charge is -2.06. The lowest BCUT2D eigenvalue weighted by atomic mass is 10.00. The lowest BCUT2D eigenvalue weighted by Crippen LogP contribution is -1.99. The average Bonchev–Trinajstić information content (AvgIpc) is 2.75. The van der Waals surface area contributed by atoms with Crippen molar-refractivity contribution in [2.75, 3.05) is 18.9 Å². The van der Waals surface area contributed by atoms with Crippen LogP contribution in [0.3, 0.4) is 0 Å². The first kappa shape index (κ1) is 13.6. The molecule has 0 amide bonds. The molecule has 0 spiro atoms. The summed E-state index contributed by atoms with van der Waals surface area (Å²) in [6.45, 7) is 7.46. The topological polar surface area (TPSA) is 61.3 Å². The Labute approximate surface area is 113 Å². The molecule has 0 bridgehead atoms. The standard InChI is InChI=1S/C15H20N2O2/c1-4-18-8-7-13-14(15(16)17-19-13)12-6-5-10(2)11(3)9-12/h5-6,9H,4,7-8H2,1-3H3,(H2,16,17). The summed E-state index contributed by atoms with van der Waals surface area (Å²) in [6, 6.07) is 6.25. The third-order valence-corrected chi connectivity index (χ3v) is 3.26. The van der Waals surface area contributed by atoms with Crippen LogP contribution in [0.1, 0.15) is 23.8 Å². The fraction of sp³-hybridized carbons (Fsp3) is 0.400. The van der Waals surface area contributed by atoms with Crippen molar-refractivity contribution in [2.45, 2.75) is 27.2 Å². The van der Waals surface area contributed by atoms with Crippen molar-refractivity contribution in [2.24, 2.45) is 0 Å². The molecule has 0 fully saturated rings. The number of ether oxygens (including phenoxy) is 1. The Hall–Kier alpha value is -1.81. The van der Waals surface area contributed by atoms with Gasteiger partial charge >= 0.3 is 0 Å². The molecule has 2 N–H and O–H groups in total. The van der Waals surface area contributed by atoms with Crippen LogP contribution in [-0.4, -0.2) is 18.4 Å². The van der Waals surface area contributed by atoms with E-state index in [2.05, 4.69) is 37.2 Å². The molecule has 0 aliphatic heterocycles. The van der Waals surface area contributed by atoms with E-state index in [-0.39, 0.29) is 0 Å². The van der Waals surface area contributed by atoms with Gasteiger partial charge < -0.3 is 15.0 Å². The first-order valence-corrected chi connectivity index (χ1v) is 6.53. The highest BCUT2D eigenvalue weighted by Gasteiger charge is 2.16. The van der Waals surface area contributed by atoms with Crippen LogP contribution in [0.4, 0.5) is 5.82 Å². The van der Waals surface area contributed by atoms with Gasteiger partial charge in [-0.15, -0.1) is 0 Å². The molecule has 1 heterocycles. The van der Waals surface area contributed by atoms with E-state index in [0.29, 0.717) is 25.5 Å². The van der Waals surface area contributed by atoms with E-state index in [1.165, 1.54) is 11.1 Å². The Morgan fingerprint density at radius 3 is 2.74 bits per heavy atom. The van der Waals surface area contributed by atoms with Gasteiger partial charge in [-0.2, -0.15) is 0 Å². The summed E-state index contributed by atoms with van der Waals surface area (Å²) in [4.78, 5) is 0. The van der Waals surface area contributed by atoms with Crippen molar-refractivity contribution in [3.63, 3.8) is 0 Å². The van der Waals surface area contributed by atoms with Crippen LogP contribution in [0.25, 0.3) is 11.1 Å². The fourth-order valence-electron chi connectivity index (χ4n) is 2.02. The molecular formula is C15H20N2O2. The highest BCUT2D eigenvalue weighted by atomic mass is 16.5. The second kappa shape index (κ2) is 5.89. The van der Waals surface area contributed by atoms with Crippen molar-refractivity contribution in [3.8, 4) is 11.1 Å². The number of nitrogen functional groups attached to an aromatic ring is 1. The van der Waals surface area contributed by atoms with Crippen LogP contribution in [0, 0.1) is 13.8 Å². The van der Waals surface area contributed by atoms with Crippen LogP contribution in [0.2, 0.25) is 0 Å². The van der Waals surface area contributed by atoms with Gasteiger partial charge in [0, 0.05) is 13.0 Å². The van der Waals surface area contributed by atoms with Gasteiger partial charge in [0.1, 0.15) is 5.76 Å². The number of aromatic nitrogens is 1. The zero-order chi connectivity index (χ0) is 13.8. The van der Waals surface area contributed by atoms with Gasteiger partial charge in [0.15, 0.2) is 5.82 Å². The van der Waals surface area contributed by atoms with Gasteiger partial charge in [-0.1, -0.05) is 23.4 Å². The van der Waals surface area contributed by atoms with Crippen LogP contribution >= 0.6 is 0 Å². The minimum Gasteiger partial charge on any atom is -0.381 e. The van der Waals surface area contributed by atoms with E-state index >= 15 is 0 Å². The largest absolute Gasteiger partial charge is 0.381 e. The second-order valence-electron chi connectivity index (χ2n) is 4.61. The molecule has 0 unspecified atom stereocenters. The van der Waals surface area contributed by atoms with E-state index in [4.69, 9.17) is 15.0 Å². The Balaban J connectivity index is 2.32. The number of aryl methyl sites for hydroxylation is 2. The zero-order valence-electron chi connectivity index (χ0n) is 11.7. The number of hydrogen-bond donors (Lipinski definition) is 1. The maximum atomic E-state index is 5.92. The van der Waals surface area contributed by atoms with Crippen molar-refractivity contribution in [3.05, 3.63) is 35.1 Å². The van der Waals surface area contributed by atoms with Crippen LogP contribution < -0.4 is 5.73 Å². The summed E-state index contributed by atoms with van der Waals surface area (Å²) in [7, 11) is 0. The lowest BCUT2D eigenvalue weighted by molar-refractivity contribution is 0.145. The van der Waals surface area contributed by atoms with E-state index in [1.54, 1.807) is 0 Å². The number of nitrogens with zero attached hydrogens (tertiary/aromatic N) is 1. The van der Waals surface area contributed by atoms with Crippen molar-refractivity contribution < 1.29 is 9.26 Å². The molecule has 1 aromatic carbocycles. The fourth-order valence-corrected chi connectivity index (χ4v) is 2.02. The van der Waals surface area contributed by atoms with E-state index < -0.39 is 0 Å².